The van der Waals surface area contributed by atoms with E-state index in [-0.39, 0.29) is 6.03 Å². The van der Waals surface area contributed by atoms with Gasteiger partial charge in [0.25, 0.3) is 0 Å². The van der Waals surface area contributed by atoms with Crippen molar-refractivity contribution in [3.05, 3.63) is 24.3 Å². The number of carbonyl (C=O) groups excluding carboxylic acids is 1. The zero-order valence-corrected chi connectivity index (χ0v) is 11.4. The molecule has 0 unspecified atom stereocenters. The Morgan fingerprint density at radius 2 is 2.21 bits per heavy atom. The summed E-state index contributed by atoms with van der Waals surface area (Å²) in [6, 6.07) is -0.344. The molecule has 0 N–H and O–H groups in total. The summed E-state index contributed by atoms with van der Waals surface area (Å²) in [5, 5.41) is 8.12. The fourth-order valence-electron chi connectivity index (χ4n) is 1.79. The molecule has 0 fully saturated rings. The first-order valence-electron chi connectivity index (χ1n) is 6.46. The van der Waals surface area contributed by atoms with E-state index in [4.69, 9.17) is 0 Å². The van der Waals surface area contributed by atoms with Crippen molar-refractivity contribution in [1.82, 2.24) is 29.5 Å². The van der Waals surface area contributed by atoms with Crippen LogP contribution in [0, 0.1) is 5.92 Å². The second-order valence-corrected chi connectivity index (χ2v) is 4.83. The summed E-state index contributed by atoms with van der Waals surface area (Å²) in [7, 11) is 0. The molecule has 102 valence electrons. The topological polar surface area (TPSA) is 78.5 Å². The minimum absolute atomic E-state index is 0.344. The van der Waals surface area contributed by atoms with E-state index in [9.17, 15) is 4.79 Å². The van der Waals surface area contributed by atoms with Gasteiger partial charge in [-0.25, -0.2) is 14.8 Å². The number of rotatable bonds is 4. The smallest absolute Gasteiger partial charge is 0.243 e. The highest BCUT2D eigenvalue weighted by molar-refractivity contribution is 5.77. The van der Waals surface area contributed by atoms with E-state index < -0.39 is 0 Å². The average molecular weight is 262 g/mol. The standard InChI is InChI=1S/C12H18N6O/c1-4-5-11-15-10(6-9(2)3)16-18(11)12(19)17-8-13-7-14-17/h7-9H,4-6H2,1-3H3. The van der Waals surface area contributed by atoms with E-state index in [0.717, 1.165) is 17.5 Å². The first-order valence-corrected chi connectivity index (χ1v) is 6.46. The molecular formula is C12H18N6O. The van der Waals surface area contributed by atoms with E-state index in [2.05, 4.69) is 34.0 Å². The molecule has 0 aliphatic heterocycles. The highest BCUT2D eigenvalue weighted by atomic mass is 16.2. The molecule has 0 aliphatic rings. The predicted octanol–water partition coefficient (Wildman–Crippen LogP) is 1.54. The Bertz CT molecular complexity index is 543. The van der Waals surface area contributed by atoms with Gasteiger partial charge < -0.3 is 0 Å². The van der Waals surface area contributed by atoms with Crippen LogP contribution in [0.15, 0.2) is 12.7 Å². The van der Waals surface area contributed by atoms with Gasteiger partial charge in [0, 0.05) is 12.8 Å². The van der Waals surface area contributed by atoms with Gasteiger partial charge in [0.15, 0.2) is 5.82 Å². The second-order valence-electron chi connectivity index (χ2n) is 4.83. The third kappa shape index (κ3) is 3.04. The summed E-state index contributed by atoms with van der Waals surface area (Å²) in [4.78, 5) is 20.4. The van der Waals surface area contributed by atoms with Crippen LogP contribution in [-0.2, 0) is 12.8 Å². The van der Waals surface area contributed by atoms with Gasteiger partial charge >= 0.3 is 6.03 Å². The number of hydrogen-bond acceptors (Lipinski definition) is 5. The minimum Gasteiger partial charge on any atom is -0.243 e. The lowest BCUT2D eigenvalue weighted by atomic mass is 10.1. The van der Waals surface area contributed by atoms with Gasteiger partial charge in [-0.1, -0.05) is 20.8 Å². The number of aryl methyl sites for hydroxylation is 1. The summed E-state index contributed by atoms with van der Waals surface area (Å²) in [5.41, 5.74) is 0. The van der Waals surface area contributed by atoms with Gasteiger partial charge in [0.05, 0.1) is 0 Å². The van der Waals surface area contributed by atoms with Gasteiger partial charge in [-0.15, -0.1) is 5.10 Å². The van der Waals surface area contributed by atoms with Crippen molar-refractivity contribution < 1.29 is 4.79 Å². The average Bonchev–Trinajstić information content (AvgIpc) is 2.97. The fraction of sp³-hybridized carbons (Fsp3) is 0.583. The molecule has 2 heterocycles. The molecule has 0 radical (unpaired) electrons. The SMILES string of the molecule is CCCc1nc(CC(C)C)nn1C(=O)n1cncn1. The van der Waals surface area contributed by atoms with Gasteiger partial charge in [0.1, 0.15) is 18.5 Å². The molecule has 0 bridgehead atoms. The monoisotopic (exact) mass is 262 g/mol. The molecule has 0 spiro atoms. The van der Waals surface area contributed by atoms with Crippen LogP contribution in [0.2, 0.25) is 0 Å². The molecule has 0 atom stereocenters. The molecule has 19 heavy (non-hydrogen) atoms. The lowest BCUT2D eigenvalue weighted by Gasteiger charge is -2.02. The predicted molar refractivity (Wildman–Crippen MR) is 68.8 cm³/mol. The first-order chi connectivity index (χ1) is 9.11. The van der Waals surface area contributed by atoms with Crippen LogP contribution >= 0.6 is 0 Å². The zero-order valence-electron chi connectivity index (χ0n) is 11.4. The quantitative estimate of drug-likeness (QED) is 0.835. The van der Waals surface area contributed by atoms with Gasteiger partial charge in [-0.3, -0.25) is 0 Å². The molecule has 0 saturated heterocycles. The number of carbonyl (C=O) groups is 1. The van der Waals surface area contributed by atoms with E-state index >= 15 is 0 Å². The zero-order chi connectivity index (χ0) is 13.8. The summed E-state index contributed by atoms with van der Waals surface area (Å²) < 4.78 is 2.49. The van der Waals surface area contributed by atoms with Crippen molar-refractivity contribution in [2.75, 3.05) is 0 Å². The summed E-state index contributed by atoms with van der Waals surface area (Å²) in [6.45, 7) is 6.24. The lowest BCUT2D eigenvalue weighted by molar-refractivity contribution is 0.237. The molecule has 0 aromatic carbocycles. The highest BCUT2D eigenvalue weighted by Crippen LogP contribution is 2.08. The van der Waals surface area contributed by atoms with Crippen LogP contribution in [0.25, 0.3) is 0 Å². The maximum absolute atomic E-state index is 12.2. The van der Waals surface area contributed by atoms with E-state index in [1.807, 2.05) is 6.92 Å². The molecular weight excluding hydrogens is 244 g/mol. The maximum atomic E-state index is 12.2. The lowest BCUT2D eigenvalue weighted by Crippen LogP contribution is -2.23. The van der Waals surface area contributed by atoms with Crippen molar-refractivity contribution in [2.24, 2.45) is 5.92 Å². The Morgan fingerprint density at radius 3 is 2.79 bits per heavy atom. The Morgan fingerprint density at radius 1 is 1.42 bits per heavy atom. The molecule has 0 amide bonds. The van der Waals surface area contributed by atoms with Crippen LogP contribution in [-0.4, -0.2) is 35.6 Å². The number of nitrogens with zero attached hydrogens (tertiary/aromatic N) is 6. The molecule has 2 aromatic heterocycles. The third-order valence-corrected chi connectivity index (χ3v) is 2.58. The van der Waals surface area contributed by atoms with Crippen molar-refractivity contribution in [3.63, 3.8) is 0 Å². The first kappa shape index (κ1) is 13.4. The van der Waals surface area contributed by atoms with Crippen molar-refractivity contribution in [2.45, 2.75) is 40.0 Å². The van der Waals surface area contributed by atoms with Gasteiger partial charge in [-0.05, 0) is 12.3 Å². The van der Waals surface area contributed by atoms with Crippen molar-refractivity contribution in [3.8, 4) is 0 Å². The van der Waals surface area contributed by atoms with Crippen LogP contribution in [0.1, 0.15) is 38.8 Å². The van der Waals surface area contributed by atoms with E-state index in [0.29, 0.717) is 24.0 Å². The Kier molecular flexibility index (Phi) is 4.03. The Labute approximate surface area is 111 Å². The van der Waals surface area contributed by atoms with Crippen LogP contribution in [0.5, 0.6) is 0 Å². The molecule has 0 aliphatic carbocycles. The van der Waals surface area contributed by atoms with Crippen LogP contribution in [0.3, 0.4) is 0 Å². The Balaban J connectivity index is 2.32. The molecule has 2 aromatic rings. The van der Waals surface area contributed by atoms with Gasteiger partial charge in [0.2, 0.25) is 0 Å². The summed E-state index contributed by atoms with van der Waals surface area (Å²) in [5.74, 6) is 1.83. The number of hydrogen-bond donors (Lipinski definition) is 0. The van der Waals surface area contributed by atoms with Crippen molar-refractivity contribution >= 4 is 6.03 Å². The van der Waals surface area contributed by atoms with Gasteiger partial charge in [-0.2, -0.15) is 14.5 Å². The summed E-state index contributed by atoms with van der Waals surface area (Å²) >= 11 is 0. The maximum Gasteiger partial charge on any atom is 0.372 e. The number of aromatic nitrogens is 6. The molecule has 0 saturated carbocycles. The van der Waals surface area contributed by atoms with Crippen LogP contribution in [0.4, 0.5) is 4.79 Å². The normalized spacial score (nSPS) is 11.2. The fourth-order valence-corrected chi connectivity index (χ4v) is 1.79. The second kappa shape index (κ2) is 5.73. The molecule has 7 heteroatoms. The molecule has 7 nitrogen and oxygen atoms in total. The summed E-state index contributed by atoms with van der Waals surface area (Å²) in [6.07, 6.45) is 5.07. The Hall–Kier alpha value is -2.05. The van der Waals surface area contributed by atoms with Crippen molar-refractivity contribution in [1.29, 1.82) is 0 Å². The van der Waals surface area contributed by atoms with Crippen LogP contribution < -0.4 is 0 Å². The third-order valence-electron chi connectivity index (χ3n) is 2.58. The van der Waals surface area contributed by atoms with E-state index in [1.165, 1.54) is 17.3 Å². The largest absolute Gasteiger partial charge is 0.372 e. The highest BCUT2D eigenvalue weighted by Gasteiger charge is 2.17. The minimum atomic E-state index is -0.344. The van der Waals surface area contributed by atoms with E-state index in [1.54, 1.807) is 0 Å². The molecule has 2 rings (SSSR count).